The van der Waals surface area contributed by atoms with Gasteiger partial charge in [-0.05, 0) is 160 Å². The van der Waals surface area contributed by atoms with E-state index in [-0.39, 0.29) is 99.3 Å². The molecule has 3 rings (SSSR count). The van der Waals surface area contributed by atoms with Crippen LogP contribution in [0.15, 0.2) is 71.6 Å². The van der Waals surface area contributed by atoms with Crippen molar-refractivity contribution in [3.05, 3.63) is 77.2 Å². The molecular formula is C73H118N16O20. The molecule has 0 spiro atoms. The van der Waals surface area contributed by atoms with E-state index in [2.05, 4.69) is 68.1 Å². The first-order chi connectivity index (χ1) is 51.8. The van der Waals surface area contributed by atoms with Crippen LogP contribution >= 0.6 is 0 Å². The predicted molar refractivity (Wildman–Crippen MR) is 408 cm³/mol. The van der Waals surface area contributed by atoms with Gasteiger partial charge in [0.25, 0.3) is 0 Å². The molecule has 2 unspecified atom stereocenters. The lowest BCUT2D eigenvalue weighted by molar-refractivity contribution is -0.142. The molecule has 6 amide bonds. The number of benzene rings is 1. The van der Waals surface area contributed by atoms with Gasteiger partial charge in [0.2, 0.25) is 29.7 Å². The van der Waals surface area contributed by atoms with Crippen molar-refractivity contribution in [2.75, 3.05) is 109 Å². The van der Waals surface area contributed by atoms with Gasteiger partial charge in [0.1, 0.15) is 47.2 Å². The molecule has 610 valence electrons. The van der Waals surface area contributed by atoms with Gasteiger partial charge >= 0.3 is 47.9 Å². The average molecular weight is 1540 g/mol. The van der Waals surface area contributed by atoms with E-state index in [4.69, 9.17) is 10.2 Å². The fraction of sp³-hybridized carbons (Fsp3) is 0.630. The molecule has 0 fully saturated rings. The highest BCUT2D eigenvalue weighted by Crippen LogP contribution is 2.32. The Kier molecular flexibility index (Phi) is 44.5. The molecule has 6 atom stereocenters. The highest BCUT2D eigenvalue weighted by atomic mass is 16.4. The number of likely N-dealkylation sites (N-methyl/N-ethyl adjacent to an activating group) is 3. The number of nitrogens with zero attached hydrogens (tertiary/aromatic N) is 6. The van der Waals surface area contributed by atoms with Gasteiger partial charge in [0, 0.05) is 76.7 Å². The number of hydrogen-bond donors (Lipinski definition) is 20. The summed E-state index contributed by atoms with van der Waals surface area (Å²) < 4.78 is 0. The molecular weight excluding hydrogens is 1420 g/mol. The van der Waals surface area contributed by atoms with Gasteiger partial charge in [-0.25, -0.2) is 28.8 Å². The van der Waals surface area contributed by atoms with E-state index in [0.29, 0.717) is 121 Å². The van der Waals surface area contributed by atoms with Gasteiger partial charge in [-0.3, -0.25) is 33.9 Å². The number of carboxylic acids is 6. The van der Waals surface area contributed by atoms with Crippen LogP contribution in [-0.2, 0) is 44.8 Å². The molecule has 0 saturated carbocycles. The third kappa shape index (κ3) is 42.9. The number of carboxylic acid groups (broad SMARTS) is 6. The van der Waals surface area contributed by atoms with Crippen molar-refractivity contribution >= 4 is 83.2 Å². The second-order valence-electron chi connectivity index (χ2n) is 27.6. The van der Waals surface area contributed by atoms with Gasteiger partial charge in [0.15, 0.2) is 0 Å². The standard InChI is InChI=1S/C73H118N16O20/c1-6-87(3)46-53(91)42-73(43-54(92)47-88(4)38-39-89(5)48-55(93)44-73)41-52(90)45-78-49(2)40-50-26-28-51(29-27-50)79-70-85-68(76-36-18-12-8-7-10-14-24-60(94)74-34-20-16-22-56(64(100)101)80-71(108)82-58(66(104)105)30-32-62(96)97)84-69(86-70)77-37-19-13-9-11-15-25-61(95)75-35-21-17-23-57(65(102)103)81-72(109)83-59(67(106)107)31-33-63(98)99/h26-29,41-44,49,56-59,78,90-93H,6-25,30-40,45-48H2,1-5H3,(H,74,94)(H,75,95)(H,96,97)(H,98,99)(H,100,101)(H,102,103)(H,104,105)(H,106,107)(H2,80,82,108)(H2,81,83,109)(H3,76,77,79,84,85,86)/b52-41+,53-42+,54-43+,55-44?/t49?,56-,57-,58-,59-,73?/m0/s1. The predicted octanol–water partition coefficient (Wildman–Crippen LogP) is 6.33. The van der Waals surface area contributed by atoms with Gasteiger partial charge in [-0.2, -0.15) is 15.0 Å². The number of carbonyl (C=O) groups excluding carboxylic acids is 4. The average Bonchev–Trinajstić information content (AvgIpc) is 1.68. The smallest absolute Gasteiger partial charge is 0.326 e. The number of allylic oxidation sites excluding steroid dienone is 4. The summed E-state index contributed by atoms with van der Waals surface area (Å²) in [6.45, 7) is 8.20. The number of urea groups is 2. The van der Waals surface area contributed by atoms with Gasteiger partial charge in [-0.1, -0.05) is 64.0 Å². The Balaban J connectivity index is 1.57. The number of hydrogen-bond acceptors (Lipinski definition) is 24. The Morgan fingerprint density at radius 3 is 1.30 bits per heavy atom. The van der Waals surface area contributed by atoms with E-state index < -0.39 is 90.3 Å². The molecule has 36 heteroatoms. The van der Waals surface area contributed by atoms with Crippen molar-refractivity contribution in [3.8, 4) is 0 Å². The number of aliphatic hydroxyl groups is 4. The molecule has 0 aliphatic carbocycles. The summed E-state index contributed by atoms with van der Waals surface area (Å²) in [5.74, 6) is -7.49. The summed E-state index contributed by atoms with van der Waals surface area (Å²) in [6.07, 6.45) is 16.0. The number of amides is 6. The largest absolute Gasteiger partial charge is 0.511 e. The number of aliphatic carboxylic acids is 6. The van der Waals surface area contributed by atoms with E-state index in [1.807, 2.05) is 74.0 Å². The van der Waals surface area contributed by atoms with Crippen LogP contribution in [0.25, 0.3) is 0 Å². The van der Waals surface area contributed by atoms with Crippen molar-refractivity contribution in [3.63, 3.8) is 0 Å². The lowest BCUT2D eigenvalue weighted by Gasteiger charge is -2.24. The fourth-order valence-corrected chi connectivity index (χ4v) is 11.5. The zero-order chi connectivity index (χ0) is 80.7. The first-order valence-electron chi connectivity index (χ1n) is 37.4. The molecule has 0 radical (unpaired) electrons. The number of carbonyl (C=O) groups is 10. The summed E-state index contributed by atoms with van der Waals surface area (Å²) in [4.78, 5) is 138. The Morgan fingerprint density at radius 2 is 0.890 bits per heavy atom. The van der Waals surface area contributed by atoms with E-state index in [9.17, 15) is 88.8 Å². The Morgan fingerprint density at radius 1 is 0.505 bits per heavy atom. The number of unbranched alkanes of at least 4 members (excludes halogenated alkanes) is 11. The normalized spacial score (nSPS) is 16.4. The molecule has 0 bridgehead atoms. The number of anilines is 4. The topological polar surface area (TPSA) is 542 Å². The summed E-state index contributed by atoms with van der Waals surface area (Å²) in [6, 6.07) is -0.203. The minimum absolute atomic E-state index is 0.000478. The lowest BCUT2D eigenvalue weighted by atomic mass is 9.84. The monoisotopic (exact) mass is 1540 g/mol. The summed E-state index contributed by atoms with van der Waals surface area (Å²) >= 11 is 0. The summed E-state index contributed by atoms with van der Waals surface area (Å²) in [5.41, 5.74) is 0.307. The van der Waals surface area contributed by atoms with E-state index >= 15 is 0 Å². The molecule has 2 aromatic rings. The summed E-state index contributed by atoms with van der Waals surface area (Å²) in [5, 5.41) is 128. The van der Waals surface area contributed by atoms with Crippen LogP contribution in [0.5, 0.6) is 0 Å². The second-order valence-corrected chi connectivity index (χ2v) is 27.6. The first kappa shape index (κ1) is 93.1. The van der Waals surface area contributed by atoms with Crippen molar-refractivity contribution in [1.82, 2.24) is 66.9 Å². The Bertz CT molecular complexity index is 3290. The van der Waals surface area contributed by atoms with Crippen LogP contribution in [-0.4, -0.2) is 264 Å². The van der Waals surface area contributed by atoms with Crippen LogP contribution in [0.3, 0.4) is 0 Å². The van der Waals surface area contributed by atoms with E-state index in [1.54, 1.807) is 0 Å². The van der Waals surface area contributed by atoms with Crippen molar-refractivity contribution in [1.29, 1.82) is 0 Å². The maximum Gasteiger partial charge on any atom is 0.326 e. The van der Waals surface area contributed by atoms with Crippen molar-refractivity contribution in [2.45, 2.75) is 198 Å². The minimum atomic E-state index is -1.52. The lowest BCUT2D eigenvalue weighted by Crippen LogP contribution is -2.51. The number of nitrogens with one attached hydrogen (secondary N) is 10. The zero-order valence-corrected chi connectivity index (χ0v) is 63.5. The third-order valence-corrected chi connectivity index (χ3v) is 17.6. The molecule has 1 aromatic carbocycles. The molecule has 1 aromatic heterocycles. The van der Waals surface area contributed by atoms with Crippen molar-refractivity contribution in [2.24, 2.45) is 5.41 Å². The van der Waals surface area contributed by atoms with Crippen LogP contribution in [0.2, 0.25) is 0 Å². The highest BCUT2D eigenvalue weighted by molar-refractivity contribution is 5.87. The molecule has 109 heavy (non-hydrogen) atoms. The van der Waals surface area contributed by atoms with Crippen LogP contribution in [0.1, 0.15) is 167 Å². The van der Waals surface area contributed by atoms with Crippen molar-refractivity contribution < 1.29 is 99.0 Å². The molecule has 0 saturated heterocycles. The number of aromatic nitrogens is 3. The van der Waals surface area contributed by atoms with Gasteiger partial charge in [0.05, 0.1) is 31.6 Å². The number of rotatable bonds is 55. The third-order valence-electron chi connectivity index (χ3n) is 17.6. The Labute approximate surface area is 636 Å². The molecule has 20 N–H and O–H groups in total. The fourth-order valence-electron chi connectivity index (χ4n) is 11.5. The van der Waals surface area contributed by atoms with E-state index in [1.165, 1.54) is 24.3 Å². The van der Waals surface area contributed by atoms with Gasteiger partial charge < -0.3 is 104 Å². The van der Waals surface area contributed by atoms with Crippen LogP contribution in [0, 0.1) is 5.41 Å². The second kappa shape index (κ2) is 52.1. The molecule has 2 heterocycles. The SMILES string of the molecule is CCN(C)C/C(O)=C\C1(/C=C(/O)CNC(C)Cc2ccc(Nc3nc(NCCCCCCCCC(=O)NCCCC[C@H](NC(=O)N[C@@H](CCC(=O)O)C(=O)O)C(=O)O)nc(NCCCCCCCC(=O)NCCCC[C@H](NC(=O)N[C@@H](CCC(=O)O)C(=O)O)C(=O)O)n3)cc2)C=C(O)CN(C)CCN(C)C/C(O)=C\1. The minimum Gasteiger partial charge on any atom is -0.511 e. The Hall–Kier alpha value is -10.1. The maximum absolute atomic E-state index is 12.6. The quantitative estimate of drug-likeness (QED) is 0.0254. The van der Waals surface area contributed by atoms with Crippen LogP contribution in [0.4, 0.5) is 33.1 Å². The first-order valence-corrected chi connectivity index (χ1v) is 37.4. The summed E-state index contributed by atoms with van der Waals surface area (Å²) in [7, 11) is 5.61. The molecule has 1 aliphatic rings. The maximum atomic E-state index is 12.6. The molecule has 1 aliphatic heterocycles. The van der Waals surface area contributed by atoms with E-state index in [0.717, 1.165) is 63.4 Å². The van der Waals surface area contributed by atoms with Crippen LogP contribution < -0.4 is 53.2 Å². The highest BCUT2D eigenvalue weighted by Gasteiger charge is 2.29. The zero-order valence-electron chi connectivity index (χ0n) is 63.5. The molecule has 36 nitrogen and oxygen atoms in total. The van der Waals surface area contributed by atoms with Gasteiger partial charge in [-0.15, -0.1) is 0 Å². The number of aliphatic hydroxyl groups excluding tert-OH is 4.